The lowest BCUT2D eigenvalue weighted by atomic mass is 9.95. The summed E-state index contributed by atoms with van der Waals surface area (Å²) in [5, 5.41) is 0. The van der Waals surface area contributed by atoms with Crippen molar-refractivity contribution in [3.8, 4) is 0 Å². The largest absolute Gasteiger partial charge is 0.462 e. The van der Waals surface area contributed by atoms with Crippen LogP contribution in [0.1, 0.15) is 52.4 Å². The van der Waals surface area contributed by atoms with Gasteiger partial charge in [0.05, 0.1) is 0 Å². The van der Waals surface area contributed by atoms with E-state index in [-0.39, 0.29) is 24.1 Å². The Bertz CT molecular complexity index is 215. The molecule has 0 aliphatic heterocycles. The maximum atomic E-state index is 11.1. The molecule has 1 aliphatic rings. The summed E-state index contributed by atoms with van der Waals surface area (Å²) in [7, 11) is 0. The zero-order valence-corrected chi connectivity index (χ0v) is 10.0. The van der Waals surface area contributed by atoms with Crippen LogP contribution in [-0.4, -0.2) is 24.1 Å². The fraction of sp³-hybridized carbons (Fsp3) is 0.833. The lowest BCUT2D eigenvalue weighted by Crippen LogP contribution is -2.29. The minimum absolute atomic E-state index is 0.0176. The van der Waals surface area contributed by atoms with Gasteiger partial charge in [0.25, 0.3) is 0 Å². The van der Waals surface area contributed by atoms with Gasteiger partial charge in [0.1, 0.15) is 12.2 Å². The van der Waals surface area contributed by atoms with E-state index >= 15 is 0 Å². The second-order valence-corrected chi connectivity index (χ2v) is 4.09. The summed E-state index contributed by atoms with van der Waals surface area (Å²) in [5.74, 6) is -0.289. The summed E-state index contributed by atoms with van der Waals surface area (Å²) in [4.78, 5) is 22.2. The first-order valence-corrected chi connectivity index (χ1v) is 6.04. The highest BCUT2D eigenvalue weighted by Crippen LogP contribution is 2.24. The molecule has 92 valence electrons. The molecule has 0 aromatic carbocycles. The minimum atomic E-state index is -0.144. The van der Waals surface area contributed by atoms with Crippen molar-refractivity contribution in [2.75, 3.05) is 0 Å². The van der Waals surface area contributed by atoms with Crippen molar-refractivity contribution >= 4 is 11.9 Å². The maximum Gasteiger partial charge on any atom is 0.305 e. The number of rotatable bonds is 4. The molecule has 0 saturated heterocycles. The fourth-order valence-corrected chi connectivity index (χ4v) is 1.81. The van der Waals surface area contributed by atoms with Crippen LogP contribution in [0.3, 0.4) is 0 Å². The van der Waals surface area contributed by atoms with Gasteiger partial charge in [-0.3, -0.25) is 9.59 Å². The number of ether oxygens (including phenoxy) is 2. The highest BCUT2D eigenvalue weighted by Gasteiger charge is 2.25. The lowest BCUT2D eigenvalue weighted by Gasteiger charge is -2.27. The third-order valence-electron chi connectivity index (χ3n) is 2.79. The molecule has 0 spiro atoms. The van der Waals surface area contributed by atoms with Crippen LogP contribution in [0.5, 0.6) is 0 Å². The molecule has 0 bridgehead atoms. The van der Waals surface area contributed by atoms with E-state index < -0.39 is 0 Å². The Morgan fingerprint density at radius 3 is 1.44 bits per heavy atom. The molecule has 0 heterocycles. The number of carbonyl (C=O) groups excluding carboxylic acids is 2. The fourth-order valence-electron chi connectivity index (χ4n) is 1.81. The third-order valence-corrected chi connectivity index (χ3v) is 2.79. The van der Waals surface area contributed by atoms with Crippen LogP contribution in [0.25, 0.3) is 0 Å². The predicted molar refractivity (Wildman–Crippen MR) is 58.8 cm³/mol. The van der Waals surface area contributed by atoms with Crippen molar-refractivity contribution in [1.29, 1.82) is 0 Å². The van der Waals surface area contributed by atoms with Gasteiger partial charge in [-0.1, -0.05) is 13.8 Å². The van der Waals surface area contributed by atoms with Crippen molar-refractivity contribution in [2.24, 2.45) is 0 Å². The van der Waals surface area contributed by atoms with E-state index in [4.69, 9.17) is 9.47 Å². The first-order valence-electron chi connectivity index (χ1n) is 6.04. The van der Waals surface area contributed by atoms with Crippen LogP contribution in [0.15, 0.2) is 0 Å². The quantitative estimate of drug-likeness (QED) is 0.692. The number of hydrogen-bond donors (Lipinski definition) is 0. The molecule has 4 nitrogen and oxygen atoms in total. The molecule has 1 fully saturated rings. The second-order valence-electron chi connectivity index (χ2n) is 4.09. The van der Waals surface area contributed by atoms with Gasteiger partial charge < -0.3 is 9.47 Å². The van der Waals surface area contributed by atoms with Crippen molar-refractivity contribution in [1.82, 2.24) is 0 Å². The van der Waals surface area contributed by atoms with Crippen LogP contribution < -0.4 is 0 Å². The summed E-state index contributed by atoms with van der Waals surface area (Å²) >= 11 is 0. The molecule has 0 radical (unpaired) electrons. The van der Waals surface area contributed by atoms with E-state index in [9.17, 15) is 9.59 Å². The van der Waals surface area contributed by atoms with Gasteiger partial charge >= 0.3 is 11.9 Å². The predicted octanol–water partition coefficient (Wildman–Crippen LogP) is 2.20. The summed E-state index contributed by atoms with van der Waals surface area (Å²) in [6.07, 6.45) is 4.07. The highest BCUT2D eigenvalue weighted by molar-refractivity contribution is 5.69. The Hall–Kier alpha value is -1.06. The van der Waals surface area contributed by atoms with Crippen molar-refractivity contribution in [2.45, 2.75) is 64.6 Å². The minimum Gasteiger partial charge on any atom is -0.462 e. The van der Waals surface area contributed by atoms with Crippen molar-refractivity contribution < 1.29 is 19.1 Å². The molecule has 1 rings (SSSR count). The van der Waals surface area contributed by atoms with E-state index in [1.165, 1.54) is 0 Å². The Labute approximate surface area is 96.3 Å². The summed E-state index contributed by atoms with van der Waals surface area (Å²) in [6.45, 7) is 3.58. The SMILES string of the molecule is CCC(=O)O[C@H]1CC[C@@H](OC(=O)CC)CC1. The molecule has 0 aromatic heterocycles. The Balaban J connectivity index is 2.23. The smallest absolute Gasteiger partial charge is 0.305 e. The molecule has 0 unspecified atom stereocenters. The van der Waals surface area contributed by atoms with Gasteiger partial charge in [-0.2, -0.15) is 0 Å². The molecule has 1 saturated carbocycles. The van der Waals surface area contributed by atoms with Gasteiger partial charge in [0.15, 0.2) is 0 Å². The molecule has 0 aromatic rings. The van der Waals surface area contributed by atoms with Crippen LogP contribution in [0.4, 0.5) is 0 Å². The Morgan fingerprint density at radius 2 is 1.19 bits per heavy atom. The Morgan fingerprint density at radius 1 is 0.875 bits per heavy atom. The molecule has 0 N–H and O–H groups in total. The van der Waals surface area contributed by atoms with Gasteiger partial charge in [0, 0.05) is 12.8 Å². The van der Waals surface area contributed by atoms with Crippen molar-refractivity contribution in [3.05, 3.63) is 0 Å². The molecule has 0 amide bonds. The monoisotopic (exact) mass is 228 g/mol. The topological polar surface area (TPSA) is 52.6 Å². The van der Waals surface area contributed by atoms with E-state index in [0.717, 1.165) is 25.7 Å². The lowest BCUT2D eigenvalue weighted by molar-refractivity contribution is -0.157. The Kier molecular flexibility index (Phi) is 5.29. The standard InChI is InChI=1S/C12H20O4/c1-3-11(13)15-9-5-7-10(8-6-9)16-12(14)4-2/h9-10H,3-8H2,1-2H3/t9-,10+. The molecule has 16 heavy (non-hydrogen) atoms. The second kappa shape index (κ2) is 6.51. The molecule has 0 atom stereocenters. The summed E-state index contributed by atoms with van der Waals surface area (Å²) in [5.41, 5.74) is 0. The van der Waals surface area contributed by atoms with Crippen LogP contribution in [-0.2, 0) is 19.1 Å². The van der Waals surface area contributed by atoms with Gasteiger partial charge in [-0.05, 0) is 25.7 Å². The summed E-state index contributed by atoms with van der Waals surface area (Å²) < 4.78 is 10.5. The van der Waals surface area contributed by atoms with Crippen LogP contribution >= 0.6 is 0 Å². The first kappa shape index (κ1) is 13.0. The number of esters is 2. The van der Waals surface area contributed by atoms with E-state index in [0.29, 0.717) is 12.8 Å². The highest BCUT2D eigenvalue weighted by atomic mass is 16.6. The molecule has 1 aliphatic carbocycles. The number of hydrogen-bond acceptors (Lipinski definition) is 4. The first-order chi connectivity index (χ1) is 7.65. The molecular formula is C12H20O4. The maximum absolute atomic E-state index is 11.1. The zero-order chi connectivity index (χ0) is 12.0. The van der Waals surface area contributed by atoms with E-state index in [2.05, 4.69) is 0 Å². The van der Waals surface area contributed by atoms with Gasteiger partial charge in [0.2, 0.25) is 0 Å². The van der Waals surface area contributed by atoms with E-state index in [1.807, 2.05) is 0 Å². The average molecular weight is 228 g/mol. The zero-order valence-electron chi connectivity index (χ0n) is 10.0. The van der Waals surface area contributed by atoms with Crippen molar-refractivity contribution in [3.63, 3.8) is 0 Å². The molecular weight excluding hydrogens is 208 g/mol. The van der Waals surface area contributed by atoms with Gasteiger partial charge in [-0.15, -0.1) is 0 Å². The van der Waals surface area contributed by atoms with Crippen LogP contribution in [0.2, 0.25) is 0 Å². The molecule has 4 heteroatoms. The van der Waals surface area contributed by atoms with E-state index in [1.54, 1.807) is 13.8 Å². The summed E-state index contributed by atoms with van der Waals surface area (Å²) in [6, 6.07) is 0. The normalized spacial score (nSPS) is 24.9. The third kappa shape index (κ3) is 4.21. The number of carbonyl (C=O) groups is 2. The van der Waals surface area contributed by atoms with Crippen LogP contribution in [0, 0.1) is 0 Å². The van der Waals surface area contributed by atoms with Gasteiger partial charge in [-0.25, -0.2) is 0 Å². The average Bonchev–Trinajstić information content (AvgIpc) is 2.31.